The number of amides is 1. The van der Waals surface area contributed by atoms with Gasteiger partial charge in [0.25, 0.3) is 0 Å². The number of hydrogen-bond donors (Lipinski definition) is 2. The quantitative estimate of drug-likeness (QED) is 0.858. The fourth-order valence-electron chi connectivity index (χ4n) is 3.17. The smallest absolute Gasteiger partial charge is 0.220 e. The summed E-state index contributed by atoms with van der Waals surface area (Å²) in [5, 5.41) is 6.44. The molecule has 2 unspecified atom stereocenters. The van der Waals surface area contributed by atoms with Crippen molar-refractivity contribution < 1.29 is 9.18 Å². The first-order valence-corrected chi connectivity index (χ1v) is 8.16. The molecule has 0 radical (unpaired) electrons. The SMILES string of the molecule is CC(CC(=O)NC(C)(C)c1cccc(F)c1)C1CCCNC1.Cl. The lowest BCUT2D eigenvalue weighted by Crippen LogP contribution is -2.42. The predicted octanol–water partition coefficient (Wildman–Crippen LogP) is 3.62. The van der Waals surface area contributed by atoms with E-state index in [4.69, 9.17) is 0 Å². The molecule has 1 aromatic carbocycles. The lowest BCUT2D eigenvalue weighted by molar-refractivity contribution is -0.124. The van der Waals surface area contributed by atoms with Gasteiger partial charge in [-0.15, -0.1) is 12.4 Å². The van der Waals surface area contributed by atoms with Crippen molar-refractivity contribution in [2.24, 2.45) is 11.8 Å². The van der Waals surface area contributed by atoms with Crippen molar-refractivity contribution in [3.8, 4) is 0 Å². The minimum atomic E-state index is -0.566. The number of carbonyl (C=O) groups excluding carboxylic acids is 1. The second-order valence-electron chi connectivity index (χ2n) is 6.97. The first kappa shape index (κ1) is 19.9. The molecule has 2 atom stereocenters. The first-order valence-electron chi connectivity index (χ1n) is 8.16. The lowest BCUT2D eigenvalue weighted by atomic mass is 9.85. The highest BCUT2D eigenvalue weighted by Gasteiger charge is 2.26. The second-order valence-corrected chi connectivity index (χ2v) is 6.97. The topological polar surface area (TPSA) is 41.1 Å². The summed E-state index contributed by atoms with van der Waals surface area (Å²) >= 11 is 0. The number of benzene rings is 1. The molecule has 1 aliphatic rings. The van der Waals surface area contributed by atoms with E-state index < -0.39 is 5.54 Å². The van der Waals surface area contributed by atoms with Gasteiger partial charge in [0.15, 0.2) is 0 Å². The molecule has 0 aromatic heterocycles. The predicted molar refractivity (Wildman–Crippen MR) is 94.2 cm³/mol. The van der Waals surface area contributed by atoms with E-state index >= 15 is 0 Å². The van der Waals surface area contributed by atoms with Gasteiger partial charge < -0.3 is 10.6 Å². The number of carbonyl (C=O) groups is 1. The van der Waals surface area contributed by atoms with Crippen LogP contribution in [0.3, 0.4) is 0 Å². The molecule has 2 N–H and O–H groups in total. The highest BCUT2D eigenvalue weighted by Crippen LogP contribution is 2.24. The largest absolute Gasteiger partial charge is 0.347 e. The van der Waals surface area contributed by atoms with Crippen molar-refractivity contribution in [2.75, 3.05) is 13.1 Å². The van der Waals surface area contributed by atoms with Crippen LogP contribution in [-0.4, -0.2) is 19.0 Å². The summed E-state index contributed by atoms with van der Waals surface area (Å²) in [6, 6.07) is 6.42. The van der Waals surface area contributed by atoms with E-state index in [0.717, 1.165) is 18.7 Å². The van der Waals surface area contributed by atoms with Gasteiger partial charge in [-0.05, 0) is 69.3 Å². The summed E-state index contributed by atoms with van der Waals surface area (Å²) < 4.78 is 13.4. The average molecular weight is 343 g/mol. The van der Waals surface area contributed by atoms with Gasteiger partial charge >= 0.3 is 0 Å². The van der Waals surface area contributed by atoms with E-state index in [1.165, 1.54) is 25.0 Å². The van der Waals surface area contributed by atoms with Crippen LogP contribution in [0.1, 0.15) is 45.6 Å². The highest BCUT2D eigenvalue weighted by atomic mass is 35.5. The molecule has 1 fully saturated rings. The first-order chi connectivity index (χ1) is 10.4. The third-order valence-electron chi connectivity index (χ3n) is 4.65. The summed E-state index contributed by atoms with van der Waals surface area (Å²) in [6.07, 6.45) is 2.89. The van der Waals surface area contributed by atoms with E-state index in [2.05, 4.69) is 17.6 Å². The number of hydrogen-bond acceptors (Lipinski definition) is 2. The molecule has 1 saturated heterocycles. The van der Waals surface area contributed by atoms with Gasteiger partial charge in [0.2, 0.25) is 5.91 Å². The Bertz CT molecular complexity index is 515. The maximum atomic E-state index is 13.4. The summed E-state index contributed by atoms with van der Waals surface area (Å²) in [4.78, 5) is 12.3. The molecular weight excluding hydrogens is 315 g/mol. The summed E-state index contributed by atoms with van der Waals surface area (Å²) in [7, 11) is 0. The Kier molecular flexibility index (Phi) is 7.49. The van der Waals surface area contributed by atoms with Crippen molar-refractivity contribution >= 4 is 18.3 Å². The Labute approximate surface area is 144 Å². The number of halogens is 2. The highest BCUT2D eigenvalue weighted by molar-refractivity contribution is 5.85. The fourth-order valence-corrected chi connectivity index (χ4v) is 3.17. The Morgan fingerprint density at radius 3 is 2.83 bits per heavy atom. The number of nitrogens with one attached hydrogen (secondary N) is 2. The zero-order valence-corrected chi connectivity index (χ0v) is 15.0. The molecule has 0 saturated carbocycles. The van der Waals surface area contributed by atoms with Crippen molar-refractivity contribution in [3.63, 3.8) is 0 Å². The molecule has 0 bridgehead atoms. The maximum absolute atomic E-state index is 13.4. The molecule has 1 aromatic rings. The van der Waals surface area contributed by atoms with Gasteiger partial charge in [0.05, 0.1) is 5.54 Å². The van der Waals surface area contributed by atoms with Crippen LogP contribution in [0.5, 0.6) is 0 Å². The van der Waals surface area contributed by atoms with Crippen molar-refractivity contribution in [3.05, 3.63) is 35.6 Å². The van der Waals surface area contributed by atoms with Crippen LogP contribution in [0.15, 0.2) is 24.3 Å². The molecule has 2 rings (SSSR count). The molecule has 0 spiro atoms. The van der Waals surface area contributed by atoms with Gasteiger partial charge in [0.1, 0.15) is 5.82 Å². The van der Waals surface area contributed by atoms with E-state index in [1.54, 1.807) is 6.07 Å². The van der Waals surface area contributed by atoms with Gasteiger partial charge in [-0.1, -0.05) is 19.1 Å². The van der Waals surface area contributed by atoms with Gasteiger partial charge in [0, 0.05) is 6.42 Å². The Morgan fingerprint density at radius 1 is 1.48 bits per heavy atom. The summed E-state index contributed by atoms with van der Waals surface area (Å²) in [5.41, 5.74) is 0.219. The van der Waals surface area contributed by atoms with Crippen LogP contribution in [-0.2, 0) is 10.3 Å². The zero-order valence-electron chi connectivity index (χ0n) is 14.2. The standard InChI is InChI=1S/C18H27FN2O.ClH/c1-13(14-6-5-9-20-12-14)10-17(22)21-18(2,3)15-7-4-8-16(19)11-15;/h4,7-8,11,13-14,20H,5-6,9-10,12H2,1-3H3,(H,21,22);1H. The van der Waals surface area contributed by atoms with Crippen LogP contribution in [0, 0.1) is 17.7 Å². The Hall–Kier alpha value is -1.13. The molecular formula is C18H28ClFN2O. The minimum Gasteiger partial charge on any atom is -0.347 e. The van der Waals surface area contributed by atoms with Crippen LogP contribution in [0.2, 0.25) is 0 Å². The monoisotopic (exact) mass is 342 g/mol. The molecule has 23 heavy (non-hydrogen) atoms. The van der Waals surface area contributed by atoms with Gasteiger partial charge in [-0.25, -0.2) is 4.39 Å². The molecule has 5 heteroatoms. The second kappa shape index (κ2) is 8.65. The van der Waals surface area contributed by atoms with Crippen LogP contribution >= 0.6 is 12.4 Å². The van der Waals surface area contributed by atoms with E-state index in [0.29, 0.717) is 18.3 Å². The minimum absolute atomic E-state index is 0. The molecule has 1 amide bonds. The van der Waals surface area contributed by atoms with Gasteiger partial charge in [-0.2, -0.15) is 0 Å². The Balaban J connectivity index is 0.00000264. The number of piperidine rings is 1. The maximum Gasteiger partial charge on any atom is 0.220 e. The van der Waals surface area contributed by atoms with Crippen LogP contribution in [0.4, 0.5) is 4.39 Å². The summed E-state index contributed by atoms with van der Waals surface area (Å²) in [5.74, 6) is 0.682. The Morgan fingerprint density at radius 2 is 2.22 bits per heavy atom. The number of rotatable bonds is 5. The fraction of sp³-hybridized carbons (Fsp3) is 0.611. The normalized spacial score (nSPS) is 19.6. The third kappa shape index (κ3) is 5.78. The van der Waals surface area contributed by atoms with Crippen LogP contribution < -0.4 is 10.6 Å². The van der Waals surface area contributed by atoms with Crippen molar-refractivity contribution in [1.82, 2.24) is 10.6 Å². The molecule has 130 valence electrons. The average Bonchev–Trinajstić information content (AvgIpc) is 2.47. The molecule has 1 heterocycles. The van der Waals surface area contributed by atoms with Crippen molar-refractivity contribution in [2.45, 2.75) is 45.6 Å². The van der Waals surface area contributed by atoms with E-state index in [-0.39, 0.29) is 24.1 Å². The molecule has 1 aliphatic heterocycles. The lowest BCUT2D eigenvalue weighted by Gasteiger charge is -2.31. The van der Waals surface area contributed by atoms with E-state index in [1.807, 2.05) is 19.9 Å². The van der Waals surface area contributed by atoms with Crippen LogP contribution in [0.25, 0.3) is 0 Å². The molecule has 0 aliphatic carbocycles. The molecule has 3 nitrogen and oxygen atoms in total. The summed E-state index contributed by atoms with van der Waals surface area (Å²) in [6.45, 7) is 8.05. The van der Waals surface area contributed by atoms with Gasteiger partial charge in [-0.3, -0.25) is 4.79 Å². The zero-order chi connectivity index (χ0) is 16.2. The van der Waals surface area contributed by atoms with E-state index in [9.17, 15) is 9.18 Å². The van der Waals surface area contributed by atoms with Crippen molar-refractivity contribution in [1.29, 1.82) is 0 Å². The third-order valence-corrected chi connectivity index (χ3v) is 4.65.